The Bertz CT molecular complexity index is 1190. The number of ether oxygens (including phenoxy) is 2. The van der Waals surface area contributed by atoms with Crippen molar-refractivity contribution in [3.63, 3.8) is 0 Å². The molecule has 0 unspecified atom stereocenters. The van der Waals surface area contributed by atoms with Crippen LogP contribution in [-0.4, -0.2) is 42.1 Å². The summed E-state index contributed by atoms with van der Waals surface area (Å²) in [6, 6.07) is 6.24. The lowest BCUT2D eigenvalue weighted by molar-refractivity contribution is 0.171. The van der Waals surface area contributed by atoms with Crippen molar-refractivity contribution in [2.45, 2.75) is 47.6 Å². The lowest BCUT2D eigenvalue weighted by Gasteiger charge is -2.29. The molecule has 1 aliphatic carbocycles. The third kappa shape index (κ3) is 4.87. The van der Waals surface area contributed by atoms with Crippen LogP contribution in [0.4, 0.5) is 8.78 Å². The molecule has 0 amide bonds. The van der Waals surface area contributed by atoms with Crippen molar-refractivity contribution in [1.82, 2.24) is 9.44 Å². The van der Waals surface area contributed by atoms with Gasteiger partial charge in [0.05, 0.1) is 4.90 Å². The van der Waals surface area contributed by atoms with E-state index in [9.17, 15) is 25.6 Å². The summed E-state index contributed by atoms with van der Waals surface area (Å²) in [5.41, 5.74) is 0. The first-order valence-corrected chi connectivity index (χ1v) is 13.0. The van der Waals surface area contributed by atoms with Crippen molar-refractivity contribution in [3.05, 3.63) is 48.0 Å². The lowest BCUT2D eigenvalue weighted by atomic mass is 9.92. The summed E-state index contributed by atoms with van der Waals surface area (Å²) in [5.74, 6) is -1.50. The molecule has 0 spiro atoms. The molecule has 2 N–H and O–H groups in total. The highest BCUT2D eigenvalue weighted by Crippen LogP contribution is 2.32. The van der Waals surface area contributed by atoms with E-state index >= 15 is 0 Å². The van der Waals surface area contributed by atoms with Crippen molar-refractivity contribution in [3.8, 4) is 11.5 Å². The van der Waals surface area contributed by atoms with E-state index in [2.05, 4.69) is 9.44 Å². The molecule has 4 rings (SSSR count). The molecule has 0 radical (unpaired) electrons. The van der Waals surface area contributed by atoms with Crippen LogP contribution in [0.25, 0.3) is 0 Å². The van der Waals surface area contributed by atoms with Gasteiger partial charge in [0.2, 0.25) is 20.0 Å². The van der Waals surface area contributed by atoms with Crippen LogP contribution in [0.1, 0.15) is 25.7 Å². The van der Waals surface area contributed by atoms with E-state index in [0.29, 0.717) is 50.4 Å². The molecule has 8 nitrogen and oxygen atoms in total. The third-order valence-electron chi connectivity index (χ3n) is 5.38. The molecule has 2 aliphatic rings. The highest BCUT2D eigenvalue weighted by atomic mass is 32.2. The fourth-order valence-electron chi connectivity index (χ4n) is 3.83. The molecule has 0 aromatic heterocycles. The number of hydrogen-bond acceptors (Lipinski definition) is 6. The highest BCUT2D eigenvalue weighted by Gasteiger charge is 2.31. The van der Waals surface area contributed by atoms with Gasteiger partial charge in [-0.2, -0.15) is 0 Å². The number of rotatable bonds is 6. The molecular weight excluding hydrogens is 466 g/mol. The minimum atomic E-state index is -4.39. The number of benzene rings is 2. The fraction of sp³-hybridized carbons (Fsp3) is 0.400. The first-order valence-electron chi connectivity index (χ1n) is 10.0. The van der Waals surface area contributed by atoms with Gasteiger partial charge in [-0.15, -0.1) is 0 Å². The van der Waals surface area contributed by atoms with Crippen molar-refractivity contribution in [1.29, 1.82) is 0 Å². The van der Waals surface area contributed by atoms with E-state index in [4.69, 9.17) is 9.47 Å². The summed E-state index contributed by atoms with van der Waals surface area (Å²) in [6.45, 7) is 0.731. The van der Waals surface area contributed by atoms with Gasteiger partial charge < -0.3 is 9.47 Å². The average molecular weight is 489 g/mol. The Kier molecular flexibility index (Phi) is 6.39. The molecule has 1 aliphatic heterocycles. The summed E-state index contributed by atoms with van der Waals surface area (Å²) in [6.07, 6.45) is 1.33. The standard InChI is InChI=1S/C20H22F2N2O6S2/c21-16-2-1-3-17(22)20(16)32(27,28)24-14-6-4-13(5-7-14)23-31(25,26)15-8-9-18-19(12-15)30-11-10-29-18/h1-3,8-9,12-14,23-24H,4-7,10-11H2/t13-,14-. The lowest BCUT2D eigenvalue weighted by Crippen LogP contribution is -2.44. The SMILES string of the molecule is O=S(=O)(N[C@H]1CC[C@H](NS(=O)(=O)c2c(F)cccc2F)CC1)c1ccc2c(c1)OCCO2. The molecule has 1 heterocycles. The van der Waals surface area contributed by atoms with E-state index in [1.54, 1.807) is 0 Å². The van der Waals surface area contributed by atoms with Gasteiger partial charge >= 0.3 is 0 Å². The maximum Gasteiger partial charge on any atom is 0.246 e. The predicted octanol–water partition coefficient (Wildman–Crippen LogP) is 2.30. The van der Waals surface area contributed by atoms with E-state index < -0.39 is 48.7 Å². The summed E-state index contributed by atoms with van der Waals surface area (Å²) < 4.78 is 93.9. The zero-order valence-electron chi connectivity index (χ0n) is 16.9. The van der Waals surface area contributed by atoms with Gasteiger partial charge in [-0.1, -0.05) is 6.07 Å². The van der Waals surface area contributed by atoms with Crippen molar-refractivity contribution in [2.75, 3.05) is 13.2 Å². The molecule has 0 saturated heterocycles. The molecule has 32 heavy (non-hydrogen) atoms. The molecule has 0 bridgehead atoms. The van der Waals surface area contributed by atoms with E-state index in [1.165, 1.54) is 18.2 Å². The predicted molar refractivity (Wildman–Crippen MR) is 110 cm³/mol. The van der Waals surface area contributed by atoms with Gasteiger partial charge in [-0.3, -0.25) is 0 Å². The maximum absolute atomic E-state index is 13.9. The summed E-state index contributed by atoms with van der Waals surface area (Å²) in [4.78, 5) is -0.971. The Labute approximate surface area is 185 Å². The zero-order chi connectivity index (χ0) is 22.9. The summed E-state index contributed by atoms with van der Waals surface area (Å²) >= 11 is 0. The molecule has 1 fully saturated rings. The number of hydrogen-bond donors (Lipinski definition) is 2. The molecule has 2 aromatic carbocycles. The van der Waals surface area contributed by atoms with Gasteiger partial charge in [-0.05, 0) is 49.9 Å². The minimum absolute atomic E-state index is 0.0413. The third-order valence-corrected chi connectivity index (χ3v) is 8.47. The molecule has 174 valence electrons. The van der Waals surface area contributed by atoms with Crippen LogP contribution in [0, 0.1) is 11.6 Å². The molecule has 0 atom stereocenters. The monoisotopic (exact) mass is 488 g/mol. The number of nitrogens with one attached hydrogen (secondary N) is 2. The van der Waals surface area contributed by atoms with Crippen molar-refractivity contribution < 1.29 is 35.1 Å². The number of sulfonamides is 2. The quantitative estimate of drug-likeness (QED) is 0.646. The Hall–Kier alpha value is -2.28. The topological polar surface area (TPSA) is 111 Å². The maximum atomic E-state index is 13.9. The second-order valence-electron chi connectivity index (χ2n) is 7.65. The molecule has 12 heteroatoms. The van der Waals surface area contributed by atoms with Crippen LogP contribution in [0.5, 0.6) is 11.5 Å². The van der Waals surface area contributed by atoms with Gasteiger partial charge in [-0.25, -0.2) is 35.1 Å². The van der Waals surface area contributed by atoms with Crippen molar-refractivity contribution >= 4 is 20.0 Å². The van der Waals surface area contributed by atoms with Crippen LogP contribution in [0.3, 0.4) is 0 Å². The van der Waals surface area contributed by atoms with E-state index in [0.717, 1.165) is 18.2 Å². The Morgan fingerprint density at radius 2 is 1.28 bits per heavy atom. The molecular formula is C20H22F2N2O6S2. The minimum Gasteiger partial charge on any atom is -0.486 e. The molecule has 1 saturated carbocycles. The van der Waals surface area contributed by atoms with E-state index in [-0.39, 0.29) is 4.90 Å². The Balaban J connectivity index is 1.38. The Morgan fingerprint density at radius 3 is 1.88 bits per heavy atom. The average Bonchev–Trinajstić information content (AvgIpc) is 2.74. The van der Waals surface area contributed by atoms with Crippen LogP contribution in [0.2, 0.25) is 0 Å². The highest BCUT2D eigenvalue weighted by molar-refractivity contribution is 7.89. The van der Waals surface area contributed by atoms with Gasteiger partial charge in [0.1, 0.15) is 24.8 Å². The fourth-order valence-corrected chi connectivity index (χ4v) is 6.59. The van der Waals surface area contributed by atoms with Crippen molar-refractivity contribution in [2.24, 2.45) is 0 Å². The summed E-state index contributed by atoms with van der Waals surface area (Å²) in [5, 5.41) is 0. The van der Waals surface area contributed by atoms with Gasteiger partial charge in [0.15, 0.2) is 16.4 Å². The van der Waals surface area contributed by atoms with E-state index in [1.807, 2.05) is 0 Å². The smallest absolute Gasteiger partial charge is 0.246 e. The number of fused-ring (bicyclic) bond motifs is 1. The second kappa shape index (κ2) is 8.93. The largest absolute Gasteiger partial charge is 0.486 e. The zero-order valence-corrected chi connectivity index (χ0v) is 18.5. The number of halogens is 2. The first-order chi connectivity index (χ1) is 15.2. The normalized spacial score (nSPS) is 21.3. The second-order valence-corrected chi connectivity index (χ2v) is 11.0. The Morgan fingerprint density at radius 1 is 0.750 bits per heavy atom. The summed E-state index contributed by atoms with van der Waals surface area (Å²) in [7, 11) is -8.21. The van der Waals surface area contributed by atoms with Crippen LogP contribution >= 0.6 is 0 Å². The first kappa shape index (κ1) is 22.9. The van der Waals surface area contributed by atoms with Crippen LogP contribution in [-0.2, 0) is 20.0 Å². The van der Waals surface area contributed by atoms with Gasteiger partial charge in [0.25, 0.3) is 0 Å². The van der Waals surface area contributed by atoms with Crippen LogP contribution < -0.4 is 18.9 Å². The van der Waals surface area contributed by atoms with Gasteiger partial charge in [0, 0.05) is 18.2 Å². The van der Waals surface area contributed by atoms with Crippen LogP contribution in [0.15, 0.2) is 46.2 Å². The molecule has 2 aromatic rings.